The molecule has 1 rings (SSSR count). The van der Waals surface area contributed by atoms with Crippen LogP contribution >= 0.6 is 21.6 Å². The van der Waals surface area contributed by atoms with Crippen molar-refractivity contribution >= 4 is 33.4 Å². The van der Waals surface area contributed by atoms with Gasteiger partial charge in [0.1, 0.15) is 11.4 Å². The minimum atomic E-state index is -0.687. The number of ether oxygens (including phenoxy) is 2. The zero-order valence-electron chi connectivity index (χ0n) is 13.2. The van der Waals surface area contributed by atoms with Gasteiger partial charge in [0.2, 0.25) is 0 Å². The van der Waals surface area contributed by atoms with Crippen LogP contribution < -0.4 is 9.22 Å². The summed E-state index contributed by atoms with van der Waals surface area (Å²) in [5.74, 6) is 0.729. The van der Waals surface area contributed by atoms with Crippen LogP contribution in [0.5, 0.6) is 5.75 Å². The maximum atomic E-state index is 11.5. The Labute approximate surface area is 135 Å². The van der Waals surface area contributed by atoms with E-state index in [4.69, 9.17) is 9.47 Å². The molecule has 0 unspecified atom stereocenters. The predicted octanol–water partition coefficient (Wildman–Crippen LogP) is 4.70. The minimum Gasteiger partial charge on any atom is -0.429 e. The van der Waals surface area contributed by atoms with E-state index in [0.717, 1.165) is 5.69 Å². The zero-order valence-corrected chi connectivity index (χ0v) is 14.8. The Morgan fingerprint density at radius 3 is 2.29 bits per heavy atom. The first-order chi connectivity index (χ1) is 9.58. The molecule has 0 saturated carbocycles. The molecule has 0 atom stereocenters. The smallest absolute Gasteiger partial charge is 0.429 e. The number of rotatable bonds is 5. The van der Waals surface area contributed by atoms with Crippen LogP contribution in [0.4, 0.5) is 10.5 Å². The molecule has 0 spiro atoms. The average molecular weight is 329 g/mol. The normalized spacial score (nSPS) is 12.1. The van der Waals surface area contributed by atoms with E-state index in [1.54, 1.807) is 22.9 Å². The Kier molecular flexibility index (Phi) is 6.43. The Morgan fingerprint density at radius 1 is 1.24 bits per heavy atom. The lowest BCUT2D eigenvalue weighted by atomic mass is 10.2. The molecule has 6 heteroatoms. The fourth-order valence-corrected chi connectivity index (χ4v) is 3.21. The largest absolute Gasteiger partial charge is 0.514 e. The SMILES string of the molecule is [CH2-][N+](C)(C)c1ccc(OC(=O)OCSSC(C)(C)C)cc1. The summed E-state index contributed by atoms with van der Waals surface area (Å²) in [6.45, 7) is 6.31. The molecule has 0 N–H and O–H groups in total. The number of benzene rings is 1. The Hall–Kier alpha value is -0.850. The summed E-state index contributed by atoms with van der Waals surface area (Å²) in [6.07, 6.45) is -0.687. The topological polar surface area (TPSA) is 35.5 Å². The molecule has 118 valence electrons. The van der Waals surface area contributed by atoms with Crippen molar-refractivity contribution in [3.63, 3.8) is 0 Å². The fraction of sp³-hybridized carbons (Fsp3) is 0.467. The van der Waals surface area contributed by atoms with E-state index in [1.807, 2.05) is 26.2 Å². The molecule has 0 aromatic heterocycles. The standard InChI is InChI=1S/C15H23NO3S2/c1-15(2,3)21-20-11-18-14(17)19-13-9-7-12(8-10-13)16(4,5)6/h7-10H,4,11H2,1-3,5-6H3. The van der Waals surface area contributed by atoms with Gasteiger partial charge in [-0.3, -0.25) is 0 Å². The van der Waals surface area contributed by atoms with Gasteiger partial charge < -0.3 is 14.0 Å². The molecule has 0 heterocycles. The van der Waals surface area contributed by atoms with E-state index < -0.39 is 6.16 Å². The van der Waals surface area contributed by atoms with E-state index in [1.165, 1.54) is 10.8 Å². The highest BCUT2D eigenvalue weighted by molar-refractivity contribution is 8.77. The number of hydrogen-bond donors (Lipinski definition) is 0. The highest BCUT2D eigenvalue weighted by Crippen LogP contribution is 2.34. The van der Waals surface area contributed by atoms with Gasteiger partial charge in [0.05, 0.1) is 0 Å². The lowest BCUT2D eigenvalue weighted by molar-refractivity contribution is 0.117. The number of nitrogens with zero attached hydrogens (tertiary/aromatic N) is 1. The molecule has 0 aliphatic rings. The summed E-state index contributed by atoms with van der Waals surface area (Å²) in [5, 5.41) is 0. The third-order valence-electron chi connectivity index (χ3n) is 2.27. The van der Waals surface area contributed by atoms with E-state index in [9.17, 15) is 4.79 Å². The first-order valence-electron chi connectivity index (χ1n) is 6.52. The molecule has 0 bridgehead atoms. The molecular formula is C15H23NO3S2. The van der Waals surface area contributed by atoms with Crippen molar-refractivity contribution in [1.82, 2.24) is 4.48 Å². The Morgan fingerprint density at radius 2 is 1.81 bits per heavy atom. The fourth-order valence-electron chi connectivity index (χ4n) is 1.32. The molecule has 1 aromatic carbocycles. The molecule has 0 aliphatic heterocycles. The van der Waals surface area contributed by atoms with Crippen molar-refractivity contribution in [1.29, 1.82) is 0 Å². The Balaban J connectivity index is 2.38. The summed E-state index contributed by atoms with van der Waals surface area (Å²) in [7, 11) is 11.1. The van der Waals surface area contributed by atoms with Gasteiger partial charge in [-0.05, 0) is 12.1 Å². The average Bonchev–Trinajstić information content (AvgIpc) is 2.33. The van der Waals surface area contributed by atoms with Crippen molar-refractivity contribution in [3.05, 3.63) is 31.3 Å². The first-order valence-corrected chi connectivity index (χ1v) is 8.84. The van der Waals surface area contributed by atoms with Gasteiger partial charge in [-0.25, -0.2) is 4.79 Å². The monoisotopic (exact) mass is 329 g/mol. The van der Waals surface area contributed by atoms with Crippen LogP contribution in [0.25, 0.3) is 0 Å². The van der Waals surface area contributed by atoms with Gasteiger partial charge in [0, 0.05) is 31.0 Å². The molecule has 1 aromatic rings. The van der Waals surface area contributed by atoms with E-state index in [-0.39, 0.29) is 10.7 Å². The molecule has 21 heavy (non-hydrogen) atoms. The summed E-state index contributed by atoms with van der Waals surface area (Å²) in [6, 6.07) is 7.22. The molecule has 0 fully saturated rings. The predicted molar refractivity (Wildman–Crippen MR) is 92.4 cm³/mol. The highest BCUT2D eigenvalue weighted by atomic mass is 33.1. The third kappa shape index (κ3) is 7.64. The highest BCUT2D eigenvalue weighted by Gasteiger charge is 2.13. The summed E-state index contributed by atoms with van der Waals surface area (Å²) >= 11 is 0. The maximum Gasteiger partial charge on any atom is 0.514 e. The quantitative estimate of drug-likeness (QED) is 0.149. The third-order valence-corrected chi connectivity index (χ3v) is 5.24. The lowest BCUT2D eigenvalue weighted by Crippen LogP contribution is -2.31. The van der Waals surface area contributed by atoms with Crippen LogP contribution in [0.3, 0.4) is 0 Å². The molecular weight excluding hydrogens is 306 g/mol. The molecule has 0 radical (unpaired) electrons. The molecule has 0 aliphatic carbocycles. The van der Waals surface area contributed by atoms with E-state index in [0.29, 0.717) is 10.2 Å². The zero-order chi connectivity index (χ0) is 16.1. The Bertz CT molecular complexity index is 461. The lowest BCUT2D eigenvalue weighted by Gasteiger charge is -2.32. The maximum absolute atomic E-state index is 11.5. The van der Waals surface area contributed by atoms with Crippen molar-refractivity contribution in [3.8, 4) is 5.75 Å². The first kappa shape index (κ1) is 18.2. The van der Waals surface area contributed by atoms with Gasteiger partial charge in [0.15, 0.2) is 5.94 Å². The molecule has 0 saturated heterocycles. The number of carbonyl (C=O) groups excluding carboxylic acids is 1. The second-order valence-electron chi connectivity index (χ2n) is 6.11. The number of carbonyl (C=O) groups is 1. The second-order valence-corrected chi connectivity index (χ2v) is 9.18. The van der Waals surface area contributed by atoms with Crippen molar-refractivity contribution < 1.29 is 14.3 Å². The van der Waals surface area contributed by atoms with Gasteiger partial charge in [0.25, 0.3) is 0 Å². The van der Waals surface area contributed by atoms with Gasteiger partial charge >= 0.3 is 6.16 Å². The van der Waals surface area contributed by atoms with Crippen molar-refractivity contribution in [2.24, 2.45) is 0 Å². The van der Waals surface area contributed by atoms with E-state index in [2.05, 4.69) is 27.8 Å². The van der Waals surface area contributed by atoms with Crippen LogP contribution in [0, 0.1) is 7.05 Å². The van der Waals surface area contributed by atoms with Crippen molar-refractivity contribution in [2.75, 3.05) is 20.0 Å². The van der Waals surface area contributed by atoms with Crippen LogP contribution in [-0.4, -0.2) is 30.9 Å². The minimum absolute atomic E-state index is 0.132. The molecule has 4 nitrogen and oxygen atoms in total. The van der Waals surface area contributed by atoms with Crippen LogP contribution in [0.2, 0.25) is 0 Å². The van der Waals surface area contributed by atoms with Gasteiger partial charge in [-0.15, -0.1) is 7.05 Å². The van der Waals surface area contributed by atoms with Crippen molar-refractivity contribution in [2.45, 2.75) is 25.5 Å². The van der Waals surface area contributed by atoms with Gasteiger partial charge in [-0.2, -0.15) is 0 Å². The summed E-state index contributed by atoms with van der Waals surface area (Å²) in [5.41, 5.74) is 1.02. The number of quaternary nitrogens is 1. The van der Waals surface area contributed by atoms with Gasteiger partial charge in [-0.1, -0.05) is 42.4 Å². The number of hydrogen-bond acceptors (Lipinski definition) is 5. The van der Waals surface area contributed by atoms with Crippen LogP contribution in [-0.2, 0) is 4.74 Å². The van der Waals surface area contributed by atoms with E-state index >= 15 is 0 Å². The van der Waals surface area contributed by atoms with Crippen LogP contribution in [0.1, 0.15) is 20.8 Å². The summed E-state index contributed by atoms with van der Waals surface area (Å²) in [4.78, 5) is 11.5. The van der Waals surface area contributed by atoms with Crippen LogP contribution in [0.15, 0.2) is 24.3 Å². The summed E-state index contributed by atoms with van der Waals surface area (Å²) < 4.78 is 10.7. The molecule has 0 amide bonds. The second kappa shape index (κ2) is 7.42.